The van der Waals surface area contributed by atoms with Crippen LogP contribution in [0.5, 0.6) is 17.2 Å². The molecule has 0 bridgehead atoms. The van der Waals surface area contributed by atoms with Gasteiger partial charge in [0.05, 0.1) is 20.3 Å². The summed E-state index contributed by atoms with van der Waals surface area (Å²) in [5.74, 6) is 1.97. The Hall–Kier alpha value is -2.34. The number of aliphatic imine (C=N–C) groups is 1. The van der Waals surface area contributed by atoms with Gasteiger partial charge in [0.15, 0.2) is 5.96 Å². The maximum atomic E-state index is 12.7. The molecule has 7 nitrogen and oxygen atoms in total. The van der Waals surface area contributed by atoms with Crippen LogP contribution in [0.2, 0.25) is 0 Å². The molecule has 2 rings (SSSR count). The van der Waals surface area contributed by atoms with E-state index in [-0.39, 0.29) is 42.3 Å². The number of nitrogens with one attached hydrogen (secondary N) is 2. The predicted molar refractivity (Wildman–Crippen MR) is 133 cm³/mol. The molecule has 0 aliphatic heterocycles. The summed E-state index contributed by atoms with van der Waals surface area (Å²) in [5.41, 5.74) is 1.65. The van der Waals surface area contributed by atoms with Gasteiger partial charge in [-0.15, -0.1) is 24.0 Å². The summed E-state index contributed by atoms with van der Waals surface area (Å²) < 4.78 is 40.5. The van der Waals surface area contributed by atoms with Crippen LogP contribution in [0.25, 0.3) is 0 Å². The number of ether oxygens (including phenoxy) is 3. The Kier molecular flexibility index (Phi) is 12.1. The van der Waals surface area contributed by atoms with Crippen LogP contribution in [0.3, 0.4) is 0 Å². The molecule has 32 heavy (non-hydrogen) atoms. The minimum atomic E-state index is -2.91. The van der Waals surface area contributed by atoms with Crippen LogP contribution in [0, 0.1) is 0 Å². The van der Waals surface area contributed by atoms with Crippen molar-refractivity contribution in [1.29, 1.82) is 0 Å². The van der Waals surface area contributed by atoms with Gasteiger partial charge in [0.1, 0.15) is 17.2 Å². The largest absolute Gasteiger partial charge is 0.497 e. The average Bonchev–Trinajstić information content (AvgIpc) is 2.76. The molecule has 0 aromatic heterocycles. The SMILES string of the molecule is CN=C(NCc1cc(OC)ccc1OC(F)F)NCC(c1ccc(OC)cc1)N(C)C.I. The average molecular weight is 564 g/mol. The third-order valence-corrected chi connectivity index (χ3v) is 4.74. The third-order valence-electron chi connectivity index (χ3n) is 4.74. The van der Waals surface area contributed by atoms with Crippen LogP contribution in [-0.4, -0.2) is 59.4 Å². The van der Waals surface area contributed by atoms with E-state index in [1.54, 1.807) is 26.3 Å². The summed E-state index contributed by atoms with van der Waals surface area (Å²) in [6.07, 6.45) is 0. The minimum absolute atomic E-state index is 0. The summed E-state index contributed by atoms with van der Waals surface area (Å²) in [6.45, 7) is -2.10. The van der Waals surface area contributed by atoms with Gasteiger partial charge in [0.25, 0.3) is 0 Å². The molecule has 1 unspecified atom stereocenters. The van der Waals surface area contributed by atoms with E-state index in [2.05, 4.69) is 25.3 Å². The zero-order valence-corrected chi connectivity index (χ0v) is 21.2. The van der Waals surface area contributed by atoms with E-state index in [9.17, 15) is 8.78 Å². The normalized spacial score (nSPS) is 12.2. The van der Waals surface area contributed by atoms with Gasteiger partial charge in [0, 0.05) is 25.7 Å². The number of guanidine groups is 1. The van der Waals surface area contributed by atoms with E-state index in [4.69, 9.17) is 9.47 Å². The predicted octanol–water partition coefficient (Wildman–Crippen LogP) is 3.89. The smallest absolute Gasteiger partial charge is 0.387 e. The van der Waals surface area contributed by atoms with Gasteiger partial charge in [-0.1, -0.05) is 12.1 Å². The molecule has 0 saturated carbocycles. The summed E-state index contributed by atoms with van der Waals surface area (Å²) >= 11 is 0. The van der Waals surface area contributed by atoms with Crippen LogP contribution in [-0.2, 0) is 6.54 Å². The molecular formula is C22H31F2IN4O3. The summed E-state index contributed by atoms with van der Waals surface area (Å²) in [6, 6.07) is 12.7. The van der Waals surface area contributed by atoms with Crippen LogP contribution >= 0.6 is 24.0 Å². The number of hydrogen-bond donors (Lipinski definition) is 2. The third kappa shape index (κ3) is 8.30. The fraction of sp³-hybridized carbons (Fsp3) is 0.409. The highest BCUT2D eigenvalue weighted by molar-refractivity contribution is 14.0. The van der Waals surface area contributed by atoms with Crippen molar-refractivity contribution < 1.29 is 23.0 Å². The molecule has 0 amide bonds. The summed E-state index contributed by atoms with van der Waals surface area (Å²) in [5, 5.41) is 6.42. The number of alkyl halides is 2. The lowest BCUT2D eigenvalue weighted by atomic mass is 10.1. The first-order valence-electron chi connectivity index (χ1n) is 9.74. The Morgan fingerprint density at radius 1 is 1.00 bits per heavy atom. The highest BCUT2D eigenvalue weighted by Gasteiger charge is 2.16. The molecule has 0 radical (unpaired) electrons. The Morgan fingerprint density at radius 3 is 2.16 bits per heavy atom. The van der Waals surface area contributed by atoms with Crippen molar-refractivity contribution >= 4 is 29.9 Å². The van der Waals surface area contributed by atoms with Crippen molar-refractivity contribution in [3.8, 4) is 17.2 Å². The van der Waals surface area contributed by atoms with Gasteiger partial charge in [0.2, 0.25) is 0 Å². The highest BCUT2D eigenvalue weighted by Crippen LogP contribution is 2.25. The fourth-order valence-electron chi connectivity index (χ4n) is 3.05. The molecule has 10 heteroatoms. The first-order valence-corrected chi connectivity index (χ1v) is 9.74. The second-order valence-corrected chi connectivity index (χ2v) is 6.91. The number of halogens is 3. The van der Waals surface area contributed by atoms with E-state index in [1.807, 2.05) is 38.4 Å². The van der Waals surface area contributed by atoms with E-state index >= 15 is 0 Å². The fourth-order valence-corrected chi connectivity index (χ4v) is 3.05. The van der Waals surface area contributed by atoms with Gasteiger partial charge < -0.3 is 29.7 Å². The van der Waals surface area contributed by atoms with Crippen molar-refractivity contribution in [3.05, 3.63) is 53.6 Å². The number of rotatable bonds is 10. The van der Waals surface area contributed by atoms with E-state index in [0.29, 0.717) is 23.8 Å². The van der Waals surface area contributed by atoms with Crippen LogP contribution in [0.1, 0.15) is 17.2 Å². The van der Waals surface area contributed by atoms with Gasteiger partial charge in [-0.25, -0.2) is 0 Å². The standard InChI is InChI=1S/C22H30F2N4O3.HI/c1-25-22(26-13-16-12-18(30-5)10-11-20(16)31-21(23)24)27-14-19(28(2)3)15-6-8-17(29-4)9-7-15;/h6-12,19,21H,13-14H2,1-5H3,(H2,25,26,27);1H. The molecule has 0 aliphatic carbocycles. The lowest BCUT2D eigenvalue weighted by molar-refractivity contribution is -0.0505. The lowest BCUT2D eigenvalue weighted by Gasteiger charge is -2.26. The van der Waals surface area contributed by atoms with Gasteiger partial charge in [-0.05, 0) is 50.0 Å². The quantitative estimate of drug-likeness (QED) is 0.260. The van der Waals surface area contributed by atoms with Crippen LogP contribution in [0.15, 0.2) is 47.5 Å². The molecule has 0 fully saturated rings. The maximum Gasteiger partial charge on any atom is 0.387 e. The second-order valence-electron chi connectivity index (χ2n) is 6.91. The Bertz CT molecular complexity index is 852. The van der Waals surface area contributed by atoms with Crippen LogP contribution in [0.4, 0.5) is 8.78 Å². The summed E-state index contributed by atoms with van der Waals surface area (Å²) in [4.78, 5) is 6.32. The monoisotopic (exact) mass is 564 g/mol. The minimum Gasteiger partial charge on any atom is -0.497 e. The van der Waals surface area contributed by atoms with Gasteiger partial charge in [-0.2, -0.15) is 8.78 Å². The number of methoxy groups -OCH3 is 2. The van der Waals surface area contributed by atoms with E-state index in [1.165, 1.54) is 13.2 Å². The first-order chi connectivity index (χ1) is 14.9. The number of hydrogen-bond acceptors (Lipinski definition) is 5. The molecule has 0 aliphatic rings. The van der Waals surface area contributed by atoms with E-state index in [0.717, 1.165) is 11.3 Å². The molecule has 2 aromatic rings. The highest BCUT2D eigenvalue weighted by atomic mass is 127. The lowest BCUT2D eigenvalue weighted by Crippen LogP contribution is -2.41. The topological polar surface area (TPSA) is 67.4 Å². The number of benzene rings is 2. The van der Waals surface area contributed by atoms with Crippen molar-refractivity contribution in [2.45, 2.75) is 19.2 Å². The van der Waals surface area contributed by atoms with Crippen molar-refractivity contribution in [3.63, 3.8) is 0 Å². The molecular weight excluding hydrogens is 533 g/mol. The van der Waals surface area contributed by atoms with E-state index < -0.39 is 6.61 Å². The molecule has 0 spiro atoms. The van der Waals surface area contributed by atoms with Crippen molar-refractivity contribution in [1.82, 2.24) is 15.5 Å². The van der Waals surface area contributed by atoms with Crippen LogP contribution < -0.4 is 24.8 Å². The van der Waals surface area contributed by atoms with Gasteiger partial charge in [-0.3, -0.25) is 4.99 Å². The number of nitrogens with zero attached hydrogens (tertiary/aromatic N) is 2. The first kappa shape index (κ1) is 27.7. The molecule has 2 N–H and O–H groups in total. The number of likely N-dealkylation sites (N-methyl/N-ethyl adjacent to an activating group) is 1. The molecule has 178 valence electrons. The molecule has 2 aromatic carbocycles. The summed E-state index contributed by atoms with van der Waals surface area (Å²) in [7, 11) is 8.79. The maximum absolute atomic E-state index is 12.7. The van der Waals surface area contributed by atoms with Crippen molar-refractivity contribution in [2.75, 3.05) is 41.9 Å². The molecule has 0 heterocycles. The van der Waals surface area contributed by atoms with Crippen molar-refractivity contribution in [2.24, 2.45) is 4.99 Å². The Morgan fingerprint density at radius 2 is 1.62 bits per heavy atom. The molecule has 0 saturated heterocycles. The Balaban J connectivity index is 0.00000512. The molecule has 1 atom stereocenters. The second kappa shape index (κ2) is 13.9. The Labute approximate surface area is 205 Å². The van der Waals surface area contributed by atoms with Gasteiger partial charge >= 0.3 is 6.61 Å². The zero-order chi connectivity index (χ0) is 22.8. The zero-order valence-electron chi connectivity index (χ0n) is 18.9.